The largest absolute Gasteiger partial charge is 0.295 e. The molecule has 0 aliphatic rings. The monoisotopic (exact) mass is 266 g/mol. The molecule has 0 N–H and O–H groups in total. The van der Waals surface area contributed by atoms with E-state index < -0.39 is 0 Å². The quantitative estimate of drug-likeness (QED) is 0.659. The topological polar surface area (TPSA) is 17.8 Å². The highest BCUT2D eigenvalue weighted by atomic mass is 32.2. The maximum absolute atomic E-state index is 4.34. The summed E-state index contributed by atoms with van der Waals surface area (Å²) < 4.78 is 2.11. The first kappa shape index (κ1) is 12.1. The number of nitrogens with zero attached hydrogens (tertiary/aromatic N) is 2. The van der Waals surface area contributed by atoms with Gasteiger partial charge >= 0.3 is 0 Å². The molecule has 3 heteroatoms. The van der Waals surface area contributed by atoms with Gasteiger partial charge in [-0.25, -0.2) is 4.98 Å². The Hall–Kier alpha value is -2.00. The van der Waals surface area contributed by atoms with E-state index in [0.29, 0.717) is 0 Å². The molecule has 3 aromatic rings. The van der Waals surface area contributed by atoms with Crippen molar-refractivity contribution in [3.05, 3.63) is 67.0 Å². The fourth-order valence-electron chi connectivity index (χ4n) is 2.10. The molecule has 0 fully saturated rings. The Bertz CT molecular complexity index is 674. The first-order valence-corrected chi connectivity index (χ1v) is 7.34. The normalized spacial score (nSPS) is 10.6. The second kappa shape index (κ2) is 5.33. The van der Waals surface area contributed by atoms with Crippen molar-refractivity contribution < 1.29 is 0 Å². The number of hydrogen-bond acceptors (Lipinski definition) is 2. The average Bonchev–Trinajstić information content (AvgIpc) is 2.97. The third-order valence-electron chi connectivity index (χ3n) is 3.02. The third-order valence-corrected chi connectivity index (χ3v) is 3.69. The molecule has 1 heterocycles. The van der Waals surface area contributed by atoms with Gasteiger partial charge in [0.2, 0.25) is 0 Å². The molecule has 2 nitrogen and oxygen atoms in total. The second-order valence-electron chi connectivity index (χ2n) is 4.20. The molecule has 1 aromatic heterocycles. The van der Waals surface area contributed by atoms with Crippen molar-refractivity contribution >= 4 is 11.8 Å². The van der Waals surface area contributed by atoms with Crippen LogP contribution in [0.15, 0.2) is 72.1 Å². The van der Waals surface area contributed by atoms with Gasteiger partial charge in [-0.15, -0.1) is 0 Å². The molecule has 2 aromatic carbocycles. The van der Waals surface area contributed by atoms with Crippen LogP contribution in [0.4, 0.5) is 0 Å². The number of benzene rings is 2. The predicted molar refractivity (Wildman–Crippen MR) is 80.8 cm³/mol. The van der Waals surface area contributed by atoms with Crippen LogP contribution < -0.4 is 0 Å². The van der Waals surface area contributed by atoms with Gasteiger partial charge in [-0.05, 0) is 29.5 Å². The molecule has 0 aliphatic heterocycles. The van der Waals surface area contributed by atoms with Crippen LogP contribution in [0.2, 0.25) is 0 Å². The lowest BCUT2D eigenvalue weighted by Crippen LogP contribution is -1.94. The lowest BCUT2D eigenvalue weighted by atomic mass is 10.1. The van der Waals surface area contributed by atoms with E-state index in [0.717, 1.165) is 10.8 Å². The van der Waals surface area contributed by atoms with E-state index in [1.54, 1.807) is 11.8 Å². The molecule has 0 atom stereocenters. The predicted octanol–water partition coefficient (Wildman–Crippen LogP) is 4.26. The molecule has 0 saturated carbocycles. The summed E-state index contributed by atoms with van der Waals surface area (Å²) in [6.07, 6.45) is 5.87. The Morgan fingerprint density at radius 3 is 2.53 bits per heavy atom. The summed E-state index contributed by atoms with van der Waals surface area (Å²) in [5, 5.41) is 1.00. The van der Waals surface area contributed by atoms with Crippen LogP contribution in [0.1, 0.15) is 0 Å². The van der Waals surface area contributed by atoms with Crippen LogP contribution in [-0.2, 0) is 0 Å². The molecular weight excluding hydrogens is 252 g/mol. The third kappa shape index (κ3) is 2.42. The van der Waals surface area contributed by atoms with E-state index in [9.17, 15) is 0 Å². The van der Waals surface area contributed by atoms with Gasteiger partial charge < -0.3 is 0 Å². The number of thioether (sulfide) groups is 1. The molecule has 3 rings (SSSR count). The maximum atomic E-state index is 4.34. The number of rotatable bonds is 3. The van der Waals surface area contributed by atoms with Gasteiger partial charge in [0.05, 0.1) is 0 Å². The zero-order valence-corrected chi connectivity index (χ0v) is 11.5. The fourth-order valence-corrected chi connectivity index (χ4v) is 2.63. The van der Waals surface area contributed by atoms with Crippen molar-refractivity contribution in [3.63, 3.8) is 0 Å². The summed E-state index contributed by atoms with van der Waals surface area (Å²) in [6, 6.07) is 18.9. The highest BCUT2D eigenvalue weighted by Crippen LogP contribution is 2.24. The van der Waals surface area contributed by atoms with Crippen LogP contribution >= 0.6 is 11.8 Å². The highest BCUT2D eigenvalue weighted by Gasteiger charge is 2.04. The van der Waals surface area contributed by atoms with Crippen molar-refractivity contribution in [3.8, 4) is 16.8 Å². The van der Waals surface area contributed by atoms with Crippen molar-refractivity contribution in [2.24, 2.45) is 0 Å². The number of aromatic nitrogens is 2. The van der Waals surface area contributed by atoms with Crippen molar-refractivity contribution in [1.82, 2.24) is 9.55 Å². The summed E-state index contributed by atoms with van der Waals surface area (Å²) in [7, 11) is 0. The van der Waals surface area contributed by atoms with Crippen LogP contribution in [0.25, 0.3) is 16.8 Å². The smallest absolute Gasteiger partial charge is 0.172 e. The standard InChI is InChI=1S/C16H14N2S/c1-19-16-17-10-11-18(16)15-9-5-8-14(12-15)13-6-3-2-4-7-13/h2-12H,1H3. The summed E-state index contributed by atoms with van der Waals surface area (Å²) in [6.45, 7) is 0. The van der Waals surface area contributed by atoms with Gasteiger partial charge in [0.25, 0.3) is 0 Å². The number of imidazole rings is 1. The second-order valence-corrected chi connectivity index (χ2v) is 4.97. The van der Waals surface area contributed by atoms with Gasteiger partial charge in [-0.3, -0.25) is 4.57 Å². The first-order chi connectivity index (χ1) is 9.38. The zero-order valence-electron chi connectivity index (χ0n) is 10.7. The molecule has 0 radical (unpaired) electrons. The van der Waals surface area contributed by atoms with Gasteiger partial charge in [0.1, 0.15) is 0 Å². The molecule has 0 spiro atoms. The molecule has 0 unspecified atom stereocenters. The molecule has 0 aliphatic carbocycles. The maximum Gasteiger partial charge on any atom is 0.172 e. The Balaban J connectivity index is 2.06. The fraction of sp³-hybridized carbons (Fsp3) is 0.0625. The SMILES string of the molecule is CSc1nccn1-c1cccc(-c2ccccc2)c1. The van der Waals surface area contributed by atoms with Crippen molar-refractivity contribution in [2.75, 3.05) is 6.26 Å². The summed E-state index contributed by atoms with van der Waals surface area (Å²) in [4.78, 5) is 4.34. The molecule has 19 heavy (non-hydrogen) atoms. The highest BCUT2D eigenvalue weighted by molar-refractivity contribution is 7.98. The Kier molecular flexibility index (Phi) is 3.38. The van der Waals surface area contributed by atoms with Gasteiger partial charge in [0, 0.05) is 18.1 Å². The van der Waals surface area contributed by atoms with Crippen molar-refractivity contribution in [1.29, 1.82) is 0 Å². The van der Waals surface area contributed by atoms with E-state index >= 15 is 0 Å². The van der Waals surface area contributed by atoms with Crippen LogP contribution in [0.5, 0.6) is 0 Å². The molecular formula is C16H14N2S. The average molecular weight is 266 g/mol. The lowest BCUT2D eigenvalue weighted by Gasteiger charge is -2.08. The summed E-state index contributed by atoms with van der Waals surface area (Å²) >= 11 is 1.65. The molecule has 94 valence electrons. The van der Waals surface area contributed by atoms with Crippen molar-refractivity contribution in [2.45, 2.75) is 5.16 Å². The lowest BCUT2D eigenvalue weighted by molar-refractivity contribution is 0.898. The molecule has 0 amide bonds. The molecule has 0 saturated heterocycles. The minimum atomic E-state index is 1.00. The van der Waals surface area contributed by atoms with E-state index in [-0.39, 0.29) is 0 Å². The Morgan fingerprint density at radius 1 is 0.947 bits per heavy atom. The van der Waals surface area contributed by atoms with Crippen LogP contribution in [-0.4, -0.2) is 15.8 Å². The Morgan fingerprint density at radius 2 is 1.74 bits per heavy atom. The van der Waals surface area contributed by atoms with E-state index in [1.807, 2.05) is 24.7 Å². The van der Waals surface area contributed by atoms with E-state index in [2.05, 4.69) is 58.1 Å². The summed E-state index contributed by atoms with van der Waals surface area (Å²) in [5.41, 5.74) is 3.59. The van der Waals surface area contributed by atoms with E-state index in [4.69, 9.17) is 0 Å². The Labute approximate surface area is 117 Å². The molecule has 0 bridgehead atoms. The minimum absolute atomic E-state index is 1.00. The van der Waals surface area contributed by atoms with Gasteiger partial charge in [0.15, 0.2) is 5.16 Å². The van der Waals surface area contributed by atoms with Gasteiger partial charge in [-0.1, -0.05) is 54.2 Å². The van der Waals surface area contributed by atoms with E-state index in [1.165, 1.54) is 11.1 Å². The summed E-state index contributed by atoms with van der Waals surface area (Å²) in [5.74, 6) is 0. The minimum Gasteiger partial charge on any atom is -0.295 e. The zero-order chi connectivity index (χ0) is 13.1. The van der Waals surface area contributed by atoms with Crippen LogP contribution in [0, 0.1) is 0 Å². The van der Waals surface area contributed by atoms with Crippen LogP contribution in [0.3, 0.4) is 0 Å². The number of hydrogen-bond donors (Lipinski definition) is 0. The first-order valence-electron chi connectivity index (χ1n) is 6.11. The van der Waals surface area contributed by atoms with Gasteiger partial charge in [-0.2, -0.15) is 0 Å².